The van der Waals surface area contributed by atoms with Crippen LogP contribution in [-0.2, 0) is 14.3 Å². The van der Waals surface area contributed by atoms with Gasteiger partial charge in [-0.2, -0.15) is 0 Å². The molecule has 1 amide bonds. The van der Waals surface area contributed by atoms with Gasteiger partial charge in [0, 0.05) is 19.0 Å². The molecule has 4 fully saturated rings. The second-order valence-corrected chi connectivity index (χ2v) is 6.95. The summed E-state index contributed by atoms with van der Waals surface area (Å²) in [7, 11) is 0. The molecule has 2 saturated heterocycles. The molecule has 0 unspecified atom stereocenters. The first-order valence-corrected chi connectivity index (χ1v) is 7.64. The van der Waals surface area contributed by atoms with Crippen molar-refractivity contribution in [3.05, 3.63) is 0 Å². The molecule has 4 nitrogen and oxygen atoms in total. The van der Waals surface area contributed by atoms with Gasteiger partial charge in [-0.1, -0.05) is 6.92 Å². The zero-order valence-electron chi connectivity index (χ0n) is 11.4. The molecule has 4 aliphatic rings. The number of piperidine rings is 1. The predicted octanol–water partition coefficient (Wildman–Crippen LogP) is 1.44. The van der Waals surface area contributed by atoms with Crippen molar-refractivity contribution in [2.24, 2.45) is 29.6 Å². The summed E-state index contributed by atoms with van der Waals surface area (Å²) in [6.07, 6.45) is 4.40. The van der Waals surface area contributed by atoms with E-state index in [1.807, 2.05) is 4.90 Å². The summed E-state index contributed by atoms with van der Waals surface area (Å²) >= 11 is 0. The molecular formula is C15H21NO3. The largest absolute Gasteiger partial charge is 0.462 e. The Bertz CT molecular complexity index is 433. The number of esters is 1. The number of ether oxygens (including phenoxy) is 1. The van der Waals surface area contributed by atoms with E-state index in [1.54, 1.807) is 0 Å². The van der Waals surface area contributed by atoms with Crippen LogP contribution in [0.15, 0.2) is 0 Å². The summed E-state index contributed by atoms with van der Waals surface area (Å²) < 4.78 is 5.42. The summed E-state index contributed by atoms with van der Waals surface area (Å²) in [4.78, 5) is 26.8. The Hall–Kier alpha value is -1.06. The van der Waals surface area contributed by atoms with Crippen molar-refractivity contribution in [2.45, 2.75) is 38.7 Å². The third-order valence-corrected chi connectivity index (χ3v) is 5.74. The van der Waals surface area contributed by atoms with E-state index in [9.17, 15) is 9.59 Å². The molecule has 2 bridgehead atoms. The fourth-order valence-electron chi connectivity index (χ4n) is 4.94. The quantitative estimate of drug-likeness (QED) is 0.673. The average Bonchev–Trinajstić information content (AvgIpc) is 2.98. The van der Waals surface area contributed by atoms with Gasteiger partial charge in [-0.15, -0.1) is 0 Å². The third kappa shape index (κ3) is 1.58. The molecule has 2 aliphatic carbocycles. The van der Waals surface area contributed by atoms with E-state index in [4.69, 9.17) is 4.74 Å². The van der Waals surface area contributed by atoms with Crippen molar-refractivity contribution in [2.75, 3.05) is 13.1 Å². The highest BCUT2D eigenvalue weighted by Crippen LogP contribution is 2.58. The van der Waals surface area contributed by atoms with Crippen molar-refractivity contribution in [3.8, 4) is 0 Å². The highest BCUT2D eigenvalue weighted by Gasteiger charge is 2.64. The van der Waals surface area contributed by atoms with Gasteiger partial charge >= 0.3 is 5.97 Å². The van der Waals surface area contributed by atoms with Gasteiger partial charge in [0.1, 0.15) is 6.10 Å². The molecule has 4 rings (SSSR count). The highest BCUT2D eigenvalue weighted by molar-refractivity contribution is 5.88. The average molecular weight is 263 g/mol. The number of carbonyl (C=O) groups is 2. The monoisotopic (exact) mass is 263 g/mol. The number of carbonyl (C=O) groups excluding carboxylic acids is 2. The lowest BCUT2D eigenvalue weighted by Gasteiger charge is -2.35. The van der Waals surface area contributed by atoms with E-state index in [0.29, 0.717) is 17.8 Å². The standard InChI is InChI=1S/C15H21NO3/c1-8-3-2-4-16(7-8)14(17)12-9-5-10-11(6-9)19-15(18)13(10)12/h8-13H,2-7H2,1H3/t8-,9-,10+,11-,12+,13-/m1/s1. The van der Waals surface area contributed by atoms with E-state index in [1.165, 1.54) is 6.42 Å². The summed E-state index contributed by atoms with van der Waals surface area (Å²) in [5.74, 6) is 1.29. The first-order chi connectivity index (χ1) is 9.15. The van der Waals surface area contributed by atoms with Gasteiger partial charge in [-0.3, -0.25) is 9.59 Å². The van der Waals surface area contributed by atoms with Gasteiger partial charge < -0.3 is 9.64 Å². The van der Waals surface area contributed by atoms with Crippen LogP contribution in [0.5, 0.6) is 0 Å². The van der Waals surface area contributed by atoms with Gasteiger partial charge in [0.25, 0.3) is 0 Å². The fourth-order valence-corrected chi connectivity index (χ4v) is 4.94. The Morgan fingerprint density at radius 3 is 3.00 bits per heavy atom. The molecule has 2 saturated carbocycles. The highest BCUT2D eigenvalue weighted by atomic mass is 16.6. The van der Waals surface area contributed by atoms with Crippen LogP contribution in [0.1, 0.15) is 32.6 Å². The lowest BCUT2D eigenvalue weighted by Crippen LogP contribution is -2.46. The summed E-state index contributed by atoms with van der Waals surface area (Å²) in [6.45, 7) is 3.96. The minimum Gasteiger partial charge on any atom is -0.462 e. The van der Waals surface area contributed by atoms with E-state index < -0.39 is 0 Å². The minimum absolute atomic E-state index is 0.0680. The topological polar surface area (TPSA) is 46.6 Å². The number of likely N-dealkylation sites (tertiary alicyclic amines) is 1. The van der Waals surface area contributed by atoms with E-state index in [2.05, 4.69) is 6.92 Å². The van der Waals surface area contributed by atoms with Crippen molar-refractivity contribution in [1.29, 1.82) is 0 Å². The molecular weight excluding hydrogens is 242 g/mol. The molecule has 0 aromatic rings. The second-order valence-electron chi connectivity index (χ2n) is 6.95. The number of rotatable bonds is 1. The Kier molecular flexibility index (Phi) is 2.45. The summed E-state index contributed by atoms with van der Waals surface area (Å²) in [6, 6.07) is 0. The van der Waals surface area contributed by atoms with Crippen molar-refractivity contribution >= 4 is 11.9 Å². The van der Waals surface area contributed by atoms with Crippen LogP contribution in [0.3, 0.4) is 0 Å². The van der Waals surface area contributed by atoms with E-state index >= 15 is 0 Å². The maximum Gasteiger partial charge on any atom is 0.310 e. The lowest BCUT2D eigenvalue weighted by molar-refractivity contribution is -0.148. The van der Waals surface area contributed by atoms with Gasteiger partial charge in [0.05, 0.1) is 11.8 Å². The number of fused-ring (bicyclic) bond motifs is 1. The SMILES string of the molecule is C[C@@H]1CCCN(C(=O)[C@H]2[C@@H]3C[C@@H]4[C@H]2C(=O)O[C@@H]4C3)C1. The molecule has 19 heavy (non-hydrogen) atoms. The molecule has 2 heterocycles. The number of hydrogen-bond donors (Lipinski definition) is 0. The molecule has 2 aliphatic heterocycles. The number of hydrogen-bond acceptors (Lipinski definition) is 3. The molecule has 0 N–H and O–H groups in total. The zero-order chi connectivity index (χ0) is 13.1. The molecule has 0 radical (unpaired) electrons. The first kappa shape index (κ1) is 11.7. The van der Waals surface area contributed by atoms with Gasteiger partial charge in [-0.25, -0.2) is 0 Å². The first-order valence-electron chi connectivity index (χ1n) is 7.64. The van der Waals surface area contributed by atoms with E-state index in [0.717, 1.165) is 32.4 Å². The summed E-state index contributed by atoms with van der Waals surface area (Å²) in [5.41, 5.74) is 0. The van der Waals surface area contributed by atoms with Crippen LogP contribution in [0, 0.1) is 29.6 Å². The lowest BCUT2D eigenvalue weighted by atomic mass is 9.79. The van der Waals surface area contributed by atoms with Crippen LogP contribution in [0.4, 0.5) is 0 Å². The van der Waals surface area contributed by atoms with Crippen molar-refractivity contribution in [1.82, 2.24) is 4.90 Å². The van der Waals surface area contributed by atoms with Gasteiger partial charge in [0.2, 0.25) is 5.91 Å². The molecule has 4 heteroatoms. The van der Waals surface area contributed by atoms with Crippen LogP contribution in [0.25, 0.3) is 0 Å². The summed E-state index contributed by atoms with van der Waals surface area (Å²) in [5, 5.41) is 0. The Balaban J connectivity index is 1.56. The maximum absolute atomic E-state index is 12.8. The zero-order valence-corrected chi connectivity index (χ0v) is 11.4. The van der Waals surface area contributed by atoms with Crippen LogP contribution >= 0.6 is 0 Å². The van der Waals surface area contributed by atoms with Gasteiger partial charge in [-0.05, 0) is 37.5 Å². The predicted molar refractivity (Wildman–Crippen MR) is 68.1 cm³/mol. The number of amides is 1. The molecule has 104 valence electrons. The second kappa shape index (κ2) is 3.97. The number of nitrogens with zero attached hydrogens (tertiary/aromatic N) is 1. The molecule has 0 aromatic heterocycles. The van der Waals surface area contributed by atoms with Crippen LogP contribution < -0.4 is 0 Å². The third-order valence-electron chi connectivity index (χ3n) is 5.74. The van der Waals surface area contributed by atoms with E-state index in [-0.39, 0.29) is 29.8 Å². The maximum atomic E-state index is 12.8. The smallest absolute Gasteiger partial charge is 0.310 e. The molecule has 0 spiro atoms. The van der Waals surface area contributed by atoms with Crippen LogP contribution in [-0.4, -0.2) is 36.0 Å². The molecule has 6 atom stereocenters. The van der Waals surface area contributed by atoms with Crippen molar-refractivity contribution < 1.29 is 14.3 Å². The normalized spacial score (nSPS) is 47.6. The van der Waals surface area contributed by atoms with Crippen molar-refractivity contribution in [3.63, 3.8) is 0 Å². The Morgan fingerprint density at radius 2 is 2.21 bits per heavy atom. The molecule has 0 aromatic carbocycles. The van der Waals surface area contributed by atoms with Gasteiger partial charge in [0.15, 0.2) is 0 Å². The fraction of sp³-hybridized carbons (Fsp3) is 0.867. The Morgan fingerprint density at radius 1 is 1.37 bits per heavy atom. The Labute approximate surface area is 113 Å². The van der Waals surface area contributed by atoms with Crippen LogP contribution in [0.2, 0.25) is 0 Å². The minimum atomic E-state index is -0.117.